The highest BCUT2D eigenvalue weighted by atomic mass is 14.2. The second-order valence-corrected chi connectivity index (χ2v) is 10.2. The van der Waals surface area contributed by atoms with Gasteiger partial charge in [-0.2, -0.15) is 0 Å². The van der Waals surface area contributed by atoms with Crippen LogP contribution in [0.4, 0.5) is 0 Å². The van der Waals surface area contributed by atoms with Crippen LogP contribution in [0.1, 0.15) is 22.3 Å². The van der Waals surface area contributed by atoms with Crippen molar-refractivity contribution >= 4 is 21.5 Å². The van der Waals surface area contributed by atoms with Gasteiger partial charge in [0, 0.05) is 22.3 Å². The summed E-state index contributed by atoms with van der Waals surface area (Å²) in [5, 5.41) is 4.43. The molecule has 0 heteroatoms. The highest BCUT2D eigenvalue weighted by Crippen LogP contribution is 2.37. The van der Waals surface area contributed by atoms with E-state index in [4.69, 9.17) is 0 Å². The number of hydrogen-bond donors (Lipinski definition) is 0. The number of hydrogen-bond acceptors (Lipinski definition) is 0. The van der Waals surface area contributed by atoms with Crippen LogP contribution in [-0.4, -0.2) is 0 Å². The van der Waals surface area contributed by atoms with Crippen LogP contribution in [0.15, 0.2) is 158 Å². The fraction of sp³-hybridized carbons (Fsp3) is 0. The van der Waals surface area contributed by atoms with Gasteiger partial charge in [0.1, 0.15) is 0 Å². The van der Waals surface area contributed by atoms with Crippen molar-refractivity contribution in [3.8, 4) is 45.9 Å². The Balaban J connectivity index is 1.56. The lowest BCUT2D eigenvalue weighted by Crippen LogP contribution is -1.93. The third-order valence-corrected chi connectivity index (χ3v) is 7.54. The average Bonchev–Trinajstić information content (AvgIpc) is 3.07. The Morgan fingerprint density at radius 3 is 1.00 bits per heavy atom. The van der Waals surface area contributed by atoms with Gasteiger partial charge in [0.05, 0.1) is 0 Å². The molecule has 7 rings (SSSR count). The van der Waals surface area contributed by atoms with E-state index >= 15 is 0 Å². The van der Waals surface area contributed by atoms with Gasteiger partial charge in [-0.3, -0.25) is 0 Å². The molecule has 7 aromatic rings. The van der Waals surface area contributed by atoms with Crippen molar-refractivity contribution in [2.75, 3.05) is 0 Å². The molecular weight excluding hydrogens is 504 g/mol. The lowest BCUT2D eigenvalue weighted by Gasteiger charge is -2.14. The van der Waals surface area contributed by atoms with Gasteiger partial charge in [0.2, 0.25) is 0 Å². The third-order valence-electron chi connectivity index (χ3n) is 7.54. The summed E-state index contributed by atoms with van der Waals surface area (Å²) >= 11 is 0. The summed E-state index contributed by atoms with van der Waals surface area (Å²) in [4.78, 5) is 0. The number of benzene rings is 7. The maximum absolute atomic E-state index is 3.59. The molecule has 0 fully saturated rings. The van der Waals surface area contributed by atoms with E-state index in [1.807, 2.05) is 36.4 Å². The van der Waals surface area contributed by atoms with E-state index in [0.29, 0.717) is 0 Å². The molecule has 0 heterocycles. The van der Waals surface area contributed by atoms with E-state index in [9.17, 15) is 0 Å². The molecule has 0 amide bonds. The Morgan fingerprint density at radius 1 is 0.262 bits per heavy atom. The van der Waals surface area contributed by atoms with E-state index in [0.717, 1.165) is 54.9 Å². The normalized spacial score (nSPS) is 10.5. The second kappa shape index (κ2) is 11.3. The maximum Gasteiger partial charge on any atom is 0.0407 e. The van der Waals surface area contributed by atoms with Crippen molar-refractivity contribution in [1.82, 2.24) is 0 Å². The zero-order valence-corrected chi connectivity index (χ0v) is 23.0. The van der Waals surface area contributed by atoms with Crippen LogP contribution in [0.2, 0.25) is 0 Å². The van der Waals surface area contributed by atoms with E-state index in [2.05, 4.69) is 145 Å². The maximum atomic E-state index is 3.59. The summed E-state index contributed by atoms with van der Waals surface area (Å²) in [6.45, 7) is 0. The van der Waals surface area contributed by atoms with Crippen LogP contribution in [0.3, 0.4) is 0 Å². The summed E-state index contributed by atoms with van der Waals surface area (Å²) in [6.07, 6.45) is 0. The van der Waals surface area contributed by atoms with Crippen molar-refractivity contribution in [2.45, 2.75) is 0 Å². The fourth-order valence-electron chi connectivity index (χ4n) is 5.43. The molecule has 0 N–H and O–H groups in total. The SMILES string of the molecule is C(#Cc1c2ccc(-c3ccccc3)cc2c(C#Cc2ccccc2)c2ccc(-c3ccccc3)cc12)c1ccccc1. The summed E-state index contributed by atoms with van der Waals surface area (Å²) in [5.41, 5.74) is 8.70. The van der Waals surface area contributed by atoms with Gasteiger partial charge in [-0.15, -0.1) is 0 Å². The molecule has 0 bridgehead atoms. The smallest absolute Gasteiger partial charge is 0.0407 e. The molecule has 7 aromatic carbocycles. The standard InChI is InChI=1S/C42H26/c1-5-13-31(14-6-1)21-25-37-39-27-23-36(34-19-11-4-12-20-34)30-42(39)38(26-22-32-15-7-2-8-16-32)40-28-24-35(29-41(37)40)33-17-9-3-10-18-33/h1-20,23-24,27-30H. The van der Waals surface area contributed by atoms with Gasteiger partial charge < -0.3 is 0 Å². The predicted molar refractivity (Wildman–Crippen MR) is 177 cm³/mol. The minimum Gasteiger partial charge on any atom is -0.0622 e. The largest absolute Gasteiger partial charge is 0.0622 e. The molecule has 0 aliphatic rings. The molecule has 0 saturated heterocycles. The first-order chi connectivity index (χ1) is 20.8. The number of rotatable bonds is 2. The van der Waals surface area contributed by atoms with Crippen LogP contribution in [-0.2, 0) is 0 Å². The molecule has 0 aliphatic heterocycles. The Bertz CT molecular complexity index is 1990. The average molecular weight is 531 g/mol. The Morgan fingerprint density at radius 2 is 0.619 bits per heavy atom. The minimum atomic E-state index is 0.992. The summed E-state index contributed by atoms with van der Waals surface area (Å²) in [5.74, 6) is 14.1. The summed E-state index contributed by atoms with van der Waals surface area (Å²) in [6, 6.07) is 54.8. The molecule has 42 heavy (non-hydrogen) atoms. The first kappa shape index (κ1) is 25.2. The first-order valence-electron chi connectivity index (χ1n) is 14.1. The van der Waals surface area contributed by atoms with Crippen LogP contribution in [0.5, 0.6) is 0 Å². The second-order valence-electron chi connectivity index (χ2n) is 10.2. The van der Waals surface area contributed by atoms with Gasteiger partial charge in [-0.05, 0) is 80.2 Å². The lowest BCUT2D eigenvalue weighted by molar-refractivity contribution is 1.62. The van der Waals surface area contributed by atoms with Crippen LogP contribution in [0.25, 0.3) is 43.8 Å². The van der Waals surface area contributed by atoms with Crippen molar-refractivity contribution in [2.24, 2.45) is 0 Å². The summed E-state index contributed by atoms with van der Waals surface area (Å²) in [7, 11) is 0. The van der Waals surface area contributed by atoms with E-state index in [-0.39, 0.29) is 0 Å². The highest BCUT2D eigenvalue weighted by Gasteiger charge is 2.14. The van der Waals surface area contributed by atoms with Gasteiger partial charge in [0.25, 0.3) is 0 Å². The molecule has 0 aliphatic carbocycles. The van der Waals surface area contributed by atoms with Crippen molar-refractivity contribution < 1.29 is 0 Å². The quantitative estimate of drug-likeness (QED) is 0.154. The highest BCUT2D eigenvalue weighted by molar-refractivity contribution is 6.11. The van der Waals surface area contributed by atoms with Gasteiger partial charge in [0.15, 0.2) is 0 Å². The zero-order chi connectivity index (χ0) is 28.1. The molecule has 0 unspecified atom stereocenters. The summed E-state index contributed by atoms with van der Waals surface area (Å²) < 4.78 is 0. The van der Waals surface area contributed by atoms with E-state index in [1.54, 1.807) is 0 Å². The van der Waals surface area contributed by atoms with Crippen molar-refractivity contribution in [1.29, 1.82) is 0 Å². The molecule has 0 nitrogen and oxygen atoms in total. The molecule has 0 aromatic heterocycles. The molecule has 0 spiro atoms. The molecule has 0 atom stereocenters. The van der Waals surface area contributed by atoms with Crippen LogP contribution in [0, 0.1) is 23.7 Å². The monoisotopic (exact) mass is 530 g/mol. The van der Waals surface area contributed by atoms with Gasteiger partial charge in [-0.1, -0.05) is 145 Å². The topological polar surface area (TPSA) is 0 Å². The van der Waals surface area contributed by atoms with Crippen LogP contribution >= 0.6 is 0 Å². The van der Waals surface area contributed by atoms with E-state index < -0.39 is 0 Å². The van der Waals surface area contributed by atoms with Crippen molar-refractivity contribution in [3.63, 3.8) is 0 Å². The predicted octanol–water partition coefficient (Wildman–Crippen LogP) is 10.1. The van der Waals surface area contributed by atoms with Gasteiger partial charge in [-0.25, -0.2) is 0 Å². The molecular formula is C42H26. The Hall–Kier alpha value is -5.82. The Labute approximate surface area is 246 Å². The minimum absolute atomic E-state index is 0.992. The third kappa shape index (κ3) is 5.07. The fourth-order valence-corrected chi connectivity index (χ4v) is 5.43. The van der Waals surface area contributed by atoms with Crippen molar-refractivity contribution in [3.05, 3.63) is 180 Å². The molecule has 194 valence electrons. The van der Waals surface area contributed by atoms with Gasteiger partial charge >= 0.3 is 0 Å². The van der Waals surface area contributed by atoms with E-state index in [1.165, 1.54) is 11.1 Å². The number of fused-ring (bicyclic) bond motifs is 2. The lowest BCUT2D eigenvalue weighted by atomic mass is 9.88. The zero-order valence-electron chi connectivity index (χ0n) is 23.0. The first-order valence-corrected chi connectivity index (χ1v) is 14.1. The van der Waals surface area contributed by atoms with Crippen LogP contribution < -0.4 is 0 Å². The Kier molecular flexibility index (Phi) is 6.80. The molecule has 0 radical (unpaired) electrons. The molecule has 0 saturated carbocycles.